The highest BCUT2D eigenvalue weighted by Gasteiger charge is 2.16. The van der Waals surface area contributed by atoms with Crippen LogP contribution >= 0.6 is 11.3 Å². The molecule has 0 saturated heterocycles. The van der Waals surface area contributed by atoms with Crippen LogP contribution in [0.1, 0.15) is 29.7 Å². The fourth-order valence-corrected chi connectivity index (χ4v) is 3.18. The van der Waals surface area contributed by atoms with E-state index in [0.29, 0.717) is 5.56 Å². The third-order valence-electron chi connectivity index (χ3n) is 3.61. The van der Waals surface area contributed by atoms with Crippen molar-refractivity contribution in [1.29, 1.82) is 0 Å². The minimum absolute atomic E-state index is 0.0407. The molecule has 5 heteroatoms. The Kier molecular flexibility index (Phi) is 3.69. The van der Waals surface area contributed by atoms with E-state index in [2.05, 4.69) is 10.3 Å². The molecule has 4 nitrogen and oxygen atoms in total. The fraction of sp³-hybridized carbons (Fsp3) is 0.333. The van der Waals surface area contributed by atoms with Crippen LogP contribution in [0, 0.1) is 0 Å². The lowest BCUT2D eigenvalue weighted by atomic mass is 9.94. The zero-order valence-corrected chi connectivity index (χ0v) is 11.9. The van der Waals surface area contributed by atoms with E-state index < -0.39 is 0 Å². The van der Waals surface area contributed by atoms with Crippen LogP contribution < -0.4 is 10.7 Å². The Morgan fingerprint density at radius 2 is 2.20 bits per heavy atom. The quantitative estimate of drug-likeness (QED) is 0.911. The SMILES string of the molecule is O=C(Cc1c[nH]c2c(c1=O)CCCC2)Nc1ccsc1. The van der Waals surface area contributed by atoms with Gasteiger partial charge in [0.05, 0.1) is 12.1 Å². The Bertz CT molecular complexity index is 674. The summed E-state index contributed by atoms with van der Waals surface area (Å²) in [6.07, 6.45) is 5.76. The molecule has 1 amide bonds. The van der Waals surface area contributed by atoms with Gasteiger partial charge in [0, 0.05) is 28.4 Å². The Labute approximate surface area is 120 Å². The Balaban J connectivity index is 1.77. The number of aryl methyl sites for hydroxylation is 1. The molecule has 1 aliphatic carbocycles. The maximum atomic E-state index is 12.4. The number of fused-ring (bicyclic) bond motifs is 1. The molecule has 0 saturated carbocycles. The normalized spacial score (nSPS) is 13.8. The summed E-state index contributed by atoms with van der Waals surface area (Å²) in [5.74, 6) is -0.148. The summed E-state index contributed by atoms with van der Waals surface area (Å²) in [7, 11) is 0. The van der Waals surface area contributed by atoms with Gasteiger partial charge in [-0.05, 0) is 37.1 Å². The smallest absolute Gasteiger partial charge is 0.229 e. The molecule has 3 rings (SSSR count). The third-order valence-corrected chi connectivity index (χ3v) is 4.29. The number of amides is 1. The molecule has 0 spiro atoms. The van der Waals surface area contributed by atoms with Crippen molar-refractivity contribution in [2.75, 3.05) is 5.32 Å². The second-order valence-corrected chi connectivity index (χ2v) is 5.82. The van der Waals surface area contributed by atoms with Crippen LogP contribution in [-0.4, -0.2) is 10.9 Å². The summed E-state index contributed by atoms with van der Waals surface area (Å²) in [6.45, 7) is 0. The van der Waals surface area contributed by atoms with Crippen LogP contribution in [0.3, 0.4) is 0 Å². The van der Waals surface area contributed by atoms with Gasteiger partial charge in [0.15, 0.2) is 5.43 Å². The fourth-order valence-electron chi connectivity index (χ4n) is 2.59. The minimum Gasteiger partial charge on any atom is -0.364 e. The molecule has 1 aliphatic rings. The predicted octanol–water partition coefficient (Wildman–Crippen LogP) is 2.50. The maximum absolute atomic E-state index is 12.4. The van der Waals surface area contributed by atoms with Crippen molar-refractivity contribution in [1.82, 2.24) is 4.98 Å². The number of rotatable bonds is 3. The Morgan fingerprint density at radius 3 is 3.00 bits per heavy atom. The van der Waals surface area contributed by atoms with E-state index in [4.69, 9.17) is 0 Å². The Morgan fingerprint density at radius 1 is 1.35 bits per heavy atom. The van der Waals surface area contributed by atoms with Gasteiger partial charge in [-0.1, -0.05) is 0 Å². The monoisotopic (exact) mass is 288 g/mol. The van der Waals surface area contributed by atoms with Crippen LogP contribution in [0.15, 0.2) is 27.8 Å². The summed E-state index contributed by atoms with van der Waals surface area (Å²) in [4.78, 5) is 27.5. The second kappa shape index (κ2) is 5.63. The van der Waals surface area contributed by atoms with Crippen molar-refractivity contribution < 1.29 is 4.79 Å². The first-order chi connectivity index (χ1) is 9.74. The molecule has 0 unspecified atom stereocenters. The van der Waals surface area contributed by atoms with Crippen molar-refractivity contribution in [2.45, 2.75) is 32.1 Å². The third kappa shape index (κ3) is 2.67. The molecule has 0 atom stereocenters. The van der Waals surface area contributed by atoms with Crippen LogP contribution in [0.4, 0.5) is 5.69 Å². The molecular formula is C15H16N2O2S. The van der Waals surface area contributed by atoms with Gasteiger partial charge < -0.3 is 10.3 Å². The van der Waals surface area contributed by atoms with Crippen LogP contribution in [0.25, 0.3) is 0 Å². The van der Waals surface area contributed by atoms with Gasteiger partial charge in [-0.15, -0.1) is 0 Å². The predicted molar refractivity (Wildman–Crippen MR) is 80.4 cm³/mol. The second-order valence-electron chi connectivity index (χ2n) is 5.04. The van der Waals surface area contributed by atoms with E-state index in [9.17, 15) is 9.59 Å². The molecular weight excluding hydrogens is 272 g/mol. The largest absolute Gasteiger partial charge is 0.364 e. The molecule has 0 radical (unpaired) electrons. The first-order valence-electron chi connectivity index (χ1n) is 6.78. The van der Waals surface area contributed by atoms with Crippen molar-refractivity contribution >= 4 is 22.9 Å². The zero-order valence-electron chi connectivity index (χ0n) is 11.1. The Hall–Kier alpha value is -1.88. The van der Waals surface area contributed by atoms with Gasteiger partial charge in [-0.2, -0.15) is 11.3 Å². The molecule has 0 fully saturated rings. The molecule has 20 heavy (non-hydrogen) atoms. The highest BCUT2D eigenvalue weighted by Crippen LogP contribution is 2.17. The van der Waals surface area contributed by atoms with Gasteiger partial charge in [0.1, 0.15) is 0 Å². The molecule has 104 valence electrons. The van der Waals surface area contributed by atoms with E-state index in [0.717, 1.165) is 42.6 Å². The molecule has 2 N–H and O–H groups in total. The van der Waals surface area contributed by atoms with Crippen LogP contribution in [0.2, 0.25) is 0 Å². The number of H-pyrrole nitrogens is 1. The maximum Gasteiger partial charge on any atom is 0.229 e. The van der Waals surface area contributed by atoms with E-state index in [1.54, 1.807) is 6.20 Å². The topological polar surface area (TPSA) is 62.0 Å². The van der Waals surface area contributed by atoms with Gasteiger partial charge in [0.2, 0.25) is 5.91 Å². The lowest BCUT2D eigenvalue weighted by Crippen LogP contribution is -2.25. The van der Waals surface area contributed by atoms with Crippen molar-refractivity contribution in [3.8, 4) is 0 Å². The highest BCUT2D eigenvalue weighted by molar-refractivity contribution is 7.08. The van der Waals surface area contributed by atoms with Gasteiger partial charge in [0.25, 0.3) is 0 Å². The molecule has 2 heterocycles. The summed E-state index contributed by atoms with van der Waals surface area (Å²) >= 11 is 1.53. The zero-order chi connectivity index (χ0) is 13.9. The molecule has 0 bridgehead atoms. The number of nitrogens with one attached hydrogen (secondary N) is 2. The van der Waals surface area contributed by atoms with E-state index in [-0.39, 0.29) is 17.8 Å². The average Bonchev–Trinajstić information content (AvgIpc) is 2.95. The number of hydrogen-bond donors (Lipinski definition) is 2. The average molecular weight is 288 g/mol. The number of pyridine rings is 1. The van der Waals surface area contributed by atoms with Gasteiger partial charge in [-0.25, -0.2) is 0 Å². The first kappa shape index (κ1) is 13.1. The van der Waals surface area contributed by atoms with Gasteiger partial charge in [-0.3, -0.25) is 9.59 Å². The van der Waals surface area contributed by atoms with Crippen LogP contribution in [0.5, 0.6) is 0 Å². The molecule has 0 aliphatic heterocycles. The summed E-state index contributed by atoms with van der Waals surface area (Å²) < 4.78 is 0. The summed E-state index contributed by atoms with van der Waals surface area (Å²) in [6, 6.07) is 1.85. The first-order valence-corrected chi connectivity index (χ1v) is 7.72. The molecule has 0 aromatic carbocycles. The number of hydrogen-bond acceptors (Lipinski definition) is 3. The molecule has 2 aromatic heterocycles. The number of anilines is 1. The highest BCUT2D eigenvalue weighted by atomic mass is 32.1. The van der Waals surface area contributed by atoms with E-state index in [1.807, 2.05) is 16.8 Å². The standard InChI is InChI=1S/C15H16N2O2S/c18-14(17-11-5-6-20-9-11)7-10-8-16-13-4-2-1-3-12(13)15(10)19/h5-6,8-9H,1-4,7H2,(H,16,19)(H,17,18). The lowest BCUT2D eigenvalue weighted by molar-refractivity contribution is -0.115. The minimum atomic E-state index is -0.148. The number of aromatic nitrogens is 1. The number of carbonyl (C=O) groups is 1. The summed E-state index contributed by atoms with van der Waals surface area (Å²) in [5.41, 5.74) is 3.30. The van der Waals surface area contributed by atoms with Crippen LogP contribution in [-0.2, 0) is 24.1 Å². The van der Waals surface area contributed by atoms with E-state index >= 15 is 0 Å². The molecule has 2 aromatic rings. The van der Waals surface area contributed by atoms with E-state index in [1.165, 1.54) is 11.3 Å². The number of aromatic amines is 1. The van der Waals surface area contributed by atoms with Crippen molar-refractivity contribution in [3.05, 3.63) is 50.1 Å². The van der Waals surface area contributed by atoms with Gasteiger partial charge >= 0.3 is 0 Å². The lowest BCUT2D eigenvalue weighted by Gasteiger charge is -2.15. The number of carbonyl (C=O) groups excluding carboxylic acids is 1. The number of thiophene rings is 1. The van der Waals surface area contributed by atoms with Crippen molar-refractivity contribution in [2.24, 2.45) is 0 Å². The summed E-state index contributed by atoms with van der Waals surface area (Å²) in [5, 5.41) is 6.57. The van der Waals surface area contributed by atoms with Crippen molar-refractivity contribution in [3.63, 3.8) is 0 Å².